The van der Waals surface area contributed by atoms with Gasteiger partial charge in [0.1, 0.15) is 5.75 Å². The molecule has 0 radical (unpaired) electrons. The van der Waals surface area contributed by atoms with E-state index in [0.29, 0.717) is 18.3 Å². The molecule has 2 atom stereocenters. The van der Waals surface area contributed by atoms with E-state index >= 15 is 0 Å². The predicted molar refractivity (Wildman–Crippen MR) is 73.4 cm³/mol. The first kappa shape index (κ1) is 13.3. The van der Waals surface area contributed by atoms with Crippen LogP contribution >= 0.6 is 0 Å². The average Bonchev–Trinajstić information content (AvgIpc) is 2.29. The Morgan fingerprint density at radius 1 is 1.22 bits per heavy atom. The number of nitrogens with one attached hydrogen (secondary N) is 1. The van der Waals surface area contributed by atoms with E-state index in [4.69, 9.17) is 0 Å². The van der Waals surface area contributed by atoms with Crippen molar-refractivity contribution in [2.75, 3.05) is 0 Å². The molecular formula is C15H24N2O. The lowest BCUT2D eigenvalue weighted by Crippen LogP contribution is -2.36. The third-order valence-electron chi connectivity index (χ3n) is 3.83. The first-order valence-electron chi connectivity index (χ1n) is 6.93. The Morgan fingerprint density at radius 3 is 2.56 bits per heavy atom. The molecule has 2 rings (SSSR count). The van der Waals surface area contributed by atoms with Crippen molar-refractivity contribution in [3.8, 4) is 5.75 Å². The number of aryl methyl sites for hydroxylation is 1. The van der Waals surface area contributed by atoms with Crippen LogP contribution in [-0.4, -0.2) is 16.1 Å². The van der Waals surface area contributed by atoms with Gasteiger partial charge in [0.2, 0.25) is 0 Å². The van der Waals surface area contributed by atoms with Crippen molar-refractivity contribution in [1.29, 1.82) is 0 Å². The fourth-order valence-electron chi connectivity index (χ4n) is 3.09. The van der Waals surface area contributed by atoms with E-state index in [2.05, 4.69) is 24.1 Å². The summed E-state index contributed by atoms with van der Waals surface area (Å²) in [6, 6.07) is 4.13. The molecule has 0 aromatic carbocycles. The number of nitrogens with zero attached hydrogens (tertiary/aromatic N) is 1. The van der Waals surface area contributed by atoms with Crippen molar-refractivity contribution in [3.63, 3.8) is 0 Å². The van der Waals surface area contributed by atoms with Crippen LogP contribution in [0.2, 0.25) is 0 Å². The quantitative estimate of drug-likeness (QED) is 0.864. The Hall–Kier alpha value is -1.09. The van der Waals surface area contributed by atoms with Crippen molar-refractivity contribution in [2.45, 2.75) is 52.6 Å². The molecule has 3 heteroatoms. The molecule has 1 aromatic rings. The zero-order valence-electron chi connectivity index (χ0n) is 11.6. The summed E-state index contributed by atoms with van der Waals surface area (Å²) < 4.78 is 0. The summed E-state index contributed by atoms with van der Waals surface area (Å²) in [4.78, 5) is 4.38. The molecule has 0 spiro atoms. The molecule has 0 bridgehead atoms. The van der Waals surface area contributed by atoms with Crippen LogP contribution in [0.25, 0.3) is 0 Å². The van der Waals surface area contributed by atoms with Crippen LogP contribution in [0, 0.1) is 18.8 Å². The summed E-state index contributed by atoms with van der Waals surface area (Å²) >= 11 is 0. The van der Waals surface area contributed by atoms with Crippen LogP contribution in [0.1, 0.15) is 44.5 Å². The van der Waals surface area contributed by atoms with E-state index in [1.807, 2.05) is 13.0 Å². The lowest BCUT2D eigenvalue weighted by molar-refractivity contribution is 0.237. The lowest BCUT2D eigenvalue weighted by atomic mass is 9.80. The Kier molecular flexibility index (Phi) is 4.23. The van der Waals surface area contributed by atoms with Gasteiger partial charge < -0.3 is 10.4 Å². The van der Waals surface area contributed by atoms with Crippen molar-refractivity contribution in [1.82, 2.24) is 10.3 Å². The molecule has 1 saturated carbocycles. The van der Waals surface area contributed by atoms with Gasteiger partial charge in [-0.1, -0.05) is 13.8 Å². The van der Waals surface area contributed by atoms with E-state index in [1.165, 1.54) is 19.3 Å². The average molecular weight is 248 g/mol. The highest BCUT2D eigenvalue weighted by atomic mass is 16.3. The van der Waals surface area contributed by atoms with Gasteiger partial charge in [0.05, 0.1) is 5.69 Å². The normalized spacial score (nSPS) is 28.3. The number of hydrogen-bond donors (Lipinski definition) is 2. The standard InChI is InChI=1S/C15H24N2O/c1-10-6-11(2)8-13(7-10)16-9-14-15(18)5-4-12(3)17-14/h4-5,10-11,13,16,18H,6-9H2,1-3H3. The van der Waals surface area contributed by atoms with E-state index < -0.39 is 0 Å². The molecule has 3 nitrogen and oxygen atoms in total. The summed E-state index contributed by atoms with van der Waals surface area (Å²) in [5.74, 6) is 1.89. The maximum atomic E-state index is 9.77. The second-order valence-corrected chi connectivity index (χ2v) is 5.91. The number of aromatic hydroxyl groups is 1. The Balaban J connectivity index is 1.92. The maximum absolute atomic E-state index is 9.77. The number of hydrogen-bond acceptors (Lipinski definition) is 3. The van der Waals surface area contributed by atoms with Gasteiger partial charge in [0.15, 0.2) is 0 Å². The lowest BCUT2D eigenvalue weighted by Gasteiger charge is -2.32. The number of pyridine rings is 1. The minimum Gasteiger partial charge on any atom is -0.506 e. The molecule has 18 heavy (non-hydrogen) atoms. The Labute approximate surface area is 110 Å². The summed E-state index contributed by atoms with van der Waals surface area (Å²) in [6.45, 7) is 7.27. The number of aromatic nitrogens is 1. The molecular weight excluding hydrogens is 224 g/mol. The van der Waals surface area contributed by atoms with Crippen molar-refractivity contribution in [2.24, 2.45) is 11.8 Å². The minimum absolute atomic E-state index is 0.296. The molecule has 0 aliphatic heterocycles. The maximum Gasteiger partial charge on any atom is 0.138 e. The van der Waals surface area contributed by atoms with Crippen LogP contribution < -0.4 is 5.32 Å². The van der Waals surface area contributed by atoms with E-state index in [0.717, 1.165) is 23.2 Å². The van der Waals surface area contributed by atoms with Gasteiger partial charge in [0.25, 0.3) is 0 Å². The molecule has 2 N–H and O–H groups in total. The largest absolute Gasteiger partial charge is 0.506 e. The smallest absolute Gasteiger partial charge is 0.138 e. The first-order valence-corrected chi connectivity index (χ1v) is 6.93. The summed E-state index contributed by atoms with van der Waals surface area (Å²) in [7, 11) is 0. The first-order chi connectivity index (χ1) is 8.54. The van der Waals surface area contributed by atoms with E-state index in [1.54, 1.807) is 6.07 Å². The van der Waals surface area contributed by atoms with Crippen LogP contribution in [0.5, 0.6) is 5.75 Å². The summed E-state index contributed by atoms with van der Waals surface area (Å²) in [5.41, 5.74) is 1.72. The molecule has 100 valence electrons. The van der Waals surface area contributed by atoms with Gasteiger partial charge in [0, 0.05) is 18.3 Å². The topological polar surface area (TPSA) is 45.1 Å². The van der Waals surface area contributed by atoms with Crippen LogP contribution in [0.3, 0.4) is 0 Å². The van der Waals surface area contributed by atoms with Crippen molar-refractivity contribution in [3.05, 3.63) is 23.5 Å². The van der Waals surface area contributed by atoms with Gasteiger partial charge in [-0.25, -0.2) is 0 Å². The molecule has 0 saturated heterocycles. The van der Waals surface area contributed by atoms with Crippen LogP contribution in [0.15, 0.2) is 12.1 Å². The van der Waals surface area contributed by atoms with Gasteiger partial charge in [-0.3, -0.25) is 4.98 Å². The zero-order chi connectivity index (χ0) is 13.1. The fourth-order valence-corrected chi connectivity index (χ4v) is 3.09. The molecule has 0 amide bonds. The number of rotatable bonds is 3. The second-order valence-electron chi connectivity index (χ2n) is 5.91. The highest BCUT2D eigenvalue weighted by Crippen LogP contribution is 2.28. The fraction of sp³-hybridized carbons (Fsp3) is 0.667. The SMILES string of the molecule is Cc1ccc(O)c(CNC2CC(C)CC(C)C2)n1. The molecule has 1 aliphatic rings. The van der Waals surface area contributed by atoms with Crippen molar-refractivity contribution >= 4 is 0 Å². The minimum atomic E-state index is 0.296. The molecule has 1 aliphatic carbocycles. The Morgan fingerprint density at radius 2 is 1.89 bits per heavy atom. The molecule has 1 heterocycles. The highest BCUT2D eigenvalue weighted by Gasteiger charge is 2.23. The zero-order valence-corrected chi connectivity index (χ0v) is 11.6. The van der Waals surface area contributed by atoms with Crippen molar-refractivity contribution < 1.29 is 5.11 Å². The van der Waals surface area contributed by atoms with Gasteiger partial charge >= 0.3 is 0 Å². The summed E-state index contributed by atoms with van der Waals surface area (Å²) in [6.07, 6.45) is 3.81. The van der Waals surface area contributed by atoms with Crippen LogP contribution in [0.4, 0.5) is 0 Å². The predicted octanol–water partition coefficient (Wildman–Crippen LogP) is 3.01. The summed E-state index contributed by atoms with van der Waals surface area (Å²) in [5, 5.41) is 13.3. The highest BCUT2D eigenvalue weighted by molar-refractivity contribution is 5.27. The van der Waals surface area contributed by atoms with Gasteiger partial charge in [-0.2, -0.15) is 0 Å². The van der Waals surface area contributed by atoms with Gasteiger partial charge in [-0.05, 0) is 50.2 Å². The second kappa shape index (κ2) is 5.70. The third-order valence-corrected chi connectivity index (χ3v) is 3.83. The van der Waals surface area contributed by atoms with E-state index in [-0.39, 0.29) is 0 Å². The third kappa shape index (κ3) is 3.45. The molecule has 1 fully saturated rings. The molecule has 2 unspecified atom stereocenters. The van der Waals surface area contributed by atoms with E-state index in [9.17, 15) is 5.11 Å². The van der Waals surface area contributed by atoms with Crippen LogP contribution in [-0.2, 0) is 6.54 Å². The molecule has 1 aromatic heterocycles. The Bertz CT molecular complexity index is 395. The van der Waals surface area contributed by atoms with Gasteiger partial charge in [-0.15, -0.1) is 0 Å². The monoisotopic (exact) mass is 248 g/mol.